The van der Waals surface area contributed by atoms with E-state index in [0.29, 0.717) is 11.7 Å². The Morgan fingerprint density at radius 1 is 1.38 bits per heavy atom. The molecule has 0 saturated heterocycles. The van der Waals surface area contributed by atoms with Crippen molar-refractivity contribution in [3.05, 3.63) is 12.7 Å². The molecule has 1 heteroatoms. The SMILES string of the molecule is C=CCC1CC(=O)CC2CCCC12. The molecule has 0 aromatic carbocycles. The Morgan fingerprint density at radius 3 is 3.00 bits per heavy atom. The molecule has 0 bridgehead atoms. The molecule has 3 unspecified atom stereocenters. The molecular formula is C12H18O. The predicted molar refractivity (Wildman–Crippen MR) is 53.4 cm³/mol. The molecule has 0 spiro atoms. The second kappa shape index (κ2) is 3.65. The number of allylic oxidation sites excluding steroid dienone is 1. The minimum atomic E-state index is 0.495. The summed E-state index contributed by atoms with van der Waals surface area (Å²) in [5.41, 5.74) is 0. The first-order valence-corrected chi connectivity index (χ1v) is 5.44. The molecule has 2 aliphatic rings. The molecule has 2 aliphatic carbocycles. The summed E-state index contributed by atoms with van der Waals surface area (Å²) in [5.74, 6) is 2.70. The summed E-state index contributed by atoms with van der Waals surface area (Å²) in [7, 11) is 0. The molecule has 0 radical (unpaired) electrons. The highest BCUT2D eigenvalue weighted by molar-refractivity contribution is 5.79. The van der Waals surface area contributed by atoms with Crippen molar-refractivity contribution in [2.24, 2.45) is 17.8 Å². The quantitative estimate of drug-likeness (QED) is 0.594. The van der Waals surface area contributed by atoms with E-state index in [9.17, 15) is 4.79 Å². The van der Waals surface area contributed by atoms with E-state index in [-0.39, 0.29) is 0 Å². The van der Waals surface area contributed by atoms with Crippen LogP contribution in [-0.4, -0.2) is 5.78 Å². The van der Waals surface area contributed by atoms with Crippen LogP contribution < -0.4 is 0 Å². The van der Waals surface area contributed by atoms with Crippen molar-refractivity contribution in [1.82, 2.24) is 0 Å². The summed E-state index contributed by atoms with van der Waals surface area (Å²) >= 11 is 0. The molecule has 0 amide bonds. The monoisotopic (exact) mass is 178 g/mol. The highest BCUT2D eigenvalue weighted by Gasteiger charge is 2.38. The number of hydrogen-bond donors (Lipinski definition) is 0. The van der Waals surface area contributed by atoms with E-state index in [4.69, 9.17) is 0 Å². The number of carbonyl (C=O) groups excluding carboxylic acids is 1. The maximum atomic E-state index is 11.5. The predicted octanol–water partition coefficient (Wildman–Crippen LogP) is 2.96. The number of Topliss-reactive ketones (excluding diaryl/α,β-unsaturated/α-hetero) is 1. The van der Waals surface area contributed by atoms with Gasteiger partial charge in [-0.2, -0.15) is 0 Å². The molecule has 0 aromatic rings. The van der Waals surface area contributed by atoms with Gasteiger partial charge < -0.3 is 0 Å². The molecule has 2 saturated carbocycles. The van der Waals surface area contributed by atoms with Gasteiger partial charge in [0.05, 0.1) is 0 Å². The van der Waals surface area contributed by atoms with E-state index in [1.807, 2.05) is 6.08 Å². The largest absolute Gasteiger partial charge is 0.300 e. The van der Waals surface area contributed by atoms with Crippen LogP contribution in [0.4, 0.5) is 0 Å². The summed E-state index contributed by atoms with van der Waals surface area (Å²) in [5, 5.41) is 0. The molecule has 0 heterocycles. The zero-order valence-corrected chi connectivity index (χ0v) is 8.17. The third-order valence-electron chi connectivity index (χ3n) is 3.77. The Balaban J connectivity index is 2.07. The second-order valence-corrected chi connectivity index (χ2v) is 4.59. The Bertz CT molecular complexity index is 219. The third-order valence-corrected chi connectivity index (χ3v) is 3.77. The Kier molecular flexibility index (Phi) is 2.52. The van der Waals surface area contributed by atoms with Gasteiger partial charge in [-0.3, -0.25) is 4.79 Å². The van der Waals surface area contributed by atoms with Crippen LogP contribution in [0.25, 0.3) is 0 Å². The van der Waals surface area contributed by atoms with Crippen LogP contribution in [0.5, 0.6) is 0 Å². The minimum absolute atomic E-state index is 0.495. The molecular weight excluding hydrogens is 160 g/mol. The Morgan fingerprint density at radius 2 is 2.23 bits per heavy atom. The molecule has 2 fully saturated rings. The lowest BCUT2D eigenvalue weighted by Crippen LogP contribution is -2.29. The Hall–Kier alpha value is -0.590. The van der Waals surface area contributed by atoms with Gasteiger partial charge >= 0.3 is 0 Å². The van der Waals surface area contributed by atoms with Crippen molar-refractivity contribution in [1.29, 1.82) is 0 Å². The van der Waals surface area contributed by atoms with E-state index in [2.05, 4.69) is 6.58 Å². The van der Waals surface area contributed by atoms with Gasteiger partial charge in [-0.15, -0.1) is 6.58 Å². The van der Waals surface area contributed by atoms with Crippen molar-refractivity contribution in [3.63, 3.8) is 0 Å². The van der Waals surface area contributed by atoms with Gasteiger partial charge in [0.1, 0.15) is 5.78 Å². The van der Waals surface area contributed by atoms with Gasteiger partial charge in [-0.05, 0) is 37.0 Å². The molecule has 13 heavy (non-hydrogen) atoms. The number of fused-ring (bicyclic) bond motifs is 1. The van der Waals surface area contributed by atoms with Crippen molar-refractivity contribution >= 4 is 5.78 Å². The normalized spacial score (nSPS) is 38.8. The topological polar surface area (TPSA) is 17.1 Å². The van der Waals surface area contributed by atoms with Gasteiger partial charge in [0, 0.05) is 12.8 Å². The van der Waals surface area contributed by atoms with Crippen LogP contribution in [0, 0.1) is 17.8 Å². The standard InChI is InChI=1S/C12H18O/c1-2-4-9-7-11(13)8-10-5-3-6-12(9)10/h2,9-10,12H,1,3-8H2. The molecule has 2 rings (SSSR count). The van der Waals surface area contributed by atoms with Crippen LogP contribution >= 0.6 is 0 Å². The Labute approximate surface area is 80.2 Å². The first-order chi connectivity index (χ1) is 6.31. The fraction of sp³-hybridized carbons (Fsp3) is 0.750. The number of ketones is 1. The fourth-order valence-electron chi connectivity index (χ4n) is 3.23. The number of hydrogen-bond acceptors (Lipinski definition) is 1. The minimum Gasteiger partial charge on any atom is -0.300 e. The second-order valence-electron chi connectivity index (χ2n) is 4.59. The average molecular weight is 178 g/mol. The zero-order valence-electron chi connectivity index (χ0n) is 8.17. The van der Waals surface area contributed by atoms with E-state index >= 15 is 0 Å². The summed E-state index contributed by atoms with van der Waals surface area (Å²) in [6, 6.07) is 0. The number of rotatable bonds is 2. The van der Waals surface area contributed by atoms with Crippen LogP contribution in [0.2, 0.25) is 0 Å². The van der Waals surface area contributed by atoms with E-state index in [0.717, 1.165) is 31.1 Å². The van der Waals surface area contributed by atoms with E-state index < -0.39 is 0 Å². The molecule has 1 nitrogen and oxygen atoms in total. The van der Waals surface area contributed by atoms with Gasteiger partial charge in [0.25, 0.3) is 0 Å². The first-order valence-electron chi connectivity index (χ1n) is 5.44. The van der Waals surface area contributed by atoms with Crippen molar-refractivity contribution < 1.29 is 4.79 Å². The first kappa shape index (κ1) is 8.98. The summed E-state index contributed by atoms with van der Waals surface area (Å²) in [4.78, 5) is 11.5. The third kappa shape index (κ3) is 1.70. The van der Waals surface area contributed by atoms with Gasteiger partial charge in [-0.25, -0.2) is 0 Å². The summed E-state index contributed by atoms with van der Waals surface area (Å²) < 4.78 is 0. The van der Waals surface area contributed by atoms with E-state index in [1.54, 1.807) is 0 Å². The van der Waals surface area contributed by atoms with E-state index in [1.165, 1.54) is 19.3 Å². The number of carbonyl (C=O) groups is 1. The van der Waals surface area contributed by atoms with Gasteiger partial charge in [0.15, 0.2) is 0 Å². The van der Waals surface area contributed by atoms with Crippen LogP contribution in [-0.2, 0) is 4.79 Å². The van der Waals surface area contributed by atoms with Gasteiger partial charge in [-0.1, -0.05) is 12.5 Å². The highest BCUT2D eigenvalue weighted by atomic mass is 16.1. The molecule has 0 aliphatic heterocycles. The van der Waals surface area contributed by atoms with Gasteiger partial charge in [0.2, 0.25) is 0 Å². The fourth-order valence-corrected chi connectivity index (χ4v) is 3.23. The summed E-state index contributed by atoms with van der Waals surface area (Å²) in [6.45, 7) is 3.78. The lowest BCUT2D eigenvalue weighted by atomic mass is 9.72. The average Bonchev–Trinajstić information content (AvgIpc) is 2.52. The van der Waals surface area contributed by atoms with Crippen LogP contribution in [0.3, 0.4) is 0 Å². The van der Waals surface area contributed by atoms with Crippen LogP contribution in [0.1, 0.15) is 38.5 Å². The van der Waals surface area contributed by atoms with Crippen LogP contribution in [0.15, 0.2) is 12.7 Å². The molecule has 0 aromatic heterocycles. The highest BCUT2D eigenvalue weighted by Crippen LogP contribution is 2.45. The summed E-state index contributed by atoms with van der Waals surface area (Å²) in [6.07, 6.45) is 8.73. The molecule has 72 valence electrons. The molecule has 0 N–H and O–H groups in total. The van der Waals surface area contributed by atoms with Crippen molar-refractivity contribution in [2.45, 2.75) is 38.5 Å². The lowest BCUT2D eigenvalue weighted by molar-refractivity contribution is -0.124. The smallest absolute Gasteiger partial charge is 0.133 e. The zero-order chi connectivity index (χ0) is 9.26. The molecule has 3 atom stereocenters. The lowest BCUT2D eigenvalue weighted by Gasteiger charge is -2.32. The maximum absolute atomic E-state index is 11.5. The van der Waals surface area contributed by atoms with Crippen molar-refractivity contribution in [2.75, 3.05) is 0 Å². The maximum Gasteiger partial charge on any atom is 0.133 e. The van der Waals surface area contributed by atoms with Crippen molar-refractivity contribution in [3.8, 4) is 0 Å².